The maximum Gasteiger partial charge on any atom is 0.305 e. The maximum atomic E-state index is 14.7. The zero-order valence-corrected chi connectivity index (χ0v) is 27.1. The smallest absolute Gasteiger partial charge is 0.305 e. The number of rotatable bonds is 4. The van der Waals surface area contributed by atoms with Gasteiger partial charge in [-0.25, -0.2) is 4.98 Å². The first-order valence-corrected chi connectivity index (χ1v) is 16.6. The number of nitrogens with one attached hydrogen (secondary N) is 2. The number of hydrogen-bond donors (Lipinski definition) is 2. The Morgan fingerprint density at radius 3 is 1.04 bits per heavy atom. The van der Waals surface area contributed by atoms with Crippen molar-refractivity contribution < 1.29 is 14.3 Å². The van der Waals surface area contributed by atoms with E-state index in [2.05, 4.69) is 9.97 Å². The summed E-state index contributed by atoms with van der Waals surface area (Å²) in [6.45, 7) is 0. The highest BCUT2D eigenvalue weighted by molar-refractivity contribution is 6.51. The normalized spacial score (nSPS) is 12.4. The topological polar surface area (TPSA) is 106 Å². The van der Waals surface area contributed by atoms with E-state index in [1.54, 1.807) is 0 Å². The Morgan fingerprint density at radius 1 is 0.412 bits per heavy atom. The number of H-pyrrole nitrogens is 2. The number of benzene rings is 4. The van der Waals surface area contributed by atoms with Gasteiger partial charge in [-0.05, 0) is 58.7 Å². The van der Waals surface area contributed by atoms with Crippen LogP contribution < -0.4 is 4.73 Å². The zero-order valence-electron chi connectivity index (χ0n) is 27.1. The lowest BCUT2D eigenvalue weighted by atomic mass is 9.99. The van der Waals surface area contributed by atoms with Crippen LogP contribution in [0.15, 0.2) is 146 Å². The van der Waals surface area contributed by atoms with Crippen LogP contribution in [-0.2, 0) is 0 Å². The molecule has 2 aliphatic rings. The molecule has 0 atom stereocenters. The minimum Gasteiger partial charge on any atom is -0.618 e. The molecule has 9 rings (SSSR count). The van der Waals surface area contributed by atoms with Gasteiger partial charge in [-0.3, -0.25) is 9.59 Å². The van der Waals surface area contributed by atoms with Gasteiger partial charge in [0.25, 0.3) is 11.4 Å². The first-order valence-electron chi connectivity index (χ1n) is 16.6. The molecule has 7 aromatic rings. The molecule has 0 amide bonds. The first kappa shape index (κ1) is 30.0. The molecular weight excluding hydrogens is 633 g/mol. The Kier molecular flexibility index (Phi) is 7.10. The molecule has 7 nitrogen and oxygen atoms in total. The molecule has 0 spiro atoms. The van der Waals surface area contributed by atoms with Gasteiger partial charge in [0.2, 0.25) is 0 Å². The Bertz CT molecular complexity index is 2530. The van der Waals surface area contributed by atoms with Crippen molar-refractivity contribution >= 4 is 45.8 Å². The first-order chi connectivity index (χ1) is 25.1. The van der Waals surface area contributed by atoms with Crippen molar-refractivity contribution in [3.05, 3.63) is 174 Å². The van der Waals surface area contributed by atoms with E-state index >= 15 is 0 Å². The fraction of sp³-hybridized carbons (Fsp3) is 0. The SMILES string of the molecule is O=C1C(=O)c2c(-c3ccccc3)c3ccc([nH]3)c(-c3ccccc3)c3nc(c(-c4ccccc4)c4ccc([nH]4)c(-c4ccccc4)c1[n+]2[O-])C=C3. The molecule has 0 saturated heterocycles. The Labute approximate surface area is 292 Å². The summed E-state index contributed by atoms with van der Waals surface area (Å²) < 4.78 is 0.524. The molecule has 242 valence electrons. The number of aromatic amines is 2. The summed E-state index contributed by atoms with van der Waals surface area (Å²) in [6, 6.07) is 45.9. The van der Waals surface area contributed by atoms with Crippen molar-refractivity contribution in [2.45, 2.75) is 0 Å². The molecule has 0 aliphatic carbocycles. The average molecular weight is 661 g/mol. The predicted molar refractivity (Wildman–Crippen MR) is 201 cm³/mol. The number of aromatic nitrogens is 4. The average Bonchev–Trinajstić information content (AvgIpc) is 3.99. The van der Waals surface area contributed by atoms with Gasteiger partial charge in [-0.15, -0.1) is 0 Å². The summed E-state index contributed by atoms with van der Waals surface area (Å²) in [6.07, 6.45) is 4.03. The molecule has 2 N–H and O–H groups in total. The number of carbonyl (C=O) groups is 2. The number of fused-ring (bicyclic) bond motifs is 8. The highest BCUT2D eigenvalue weighted by Crippen LogP contribution is 2.37. The monoisotopic (exact) mass is 660 g/mol. The molecule has 3 aromatic heterocycles. The number of ketones is 2. The summed E-state index contributed by atoms with van der Waals surface area (Å²) in [4.78, 5) is 40.6. The van der Waals surface area contributed by atoms with Crippen LogP contribution in [0.3, 0.4) is 0 Å². The van der Waals surface area contributed by atoms with E-state index in [-0.39, 0.29) is 11.4 Å². The van der Waals surface area contributed by atoms with E-state index in [4.69, 9.17) is 4.98 Å². The van der Waals surface area contributed by atoms with Crippen molar-refractivity contribution in [1.29, 1.82) is 0 Å². The van der Waals surface area contributed by atoms with Crippen LogP contribution in [0.25, 0.3) is 78.7 Å². The molecule has 7 heteroatoms. The second kappa shape index (κ2) is 12.1. The van der Waals surface area contributed by atoms with Gasteiger partial charge >= 0.3 is 11.6 Å². The van der Waals surface area contributed by atoms with Gasteiger partial charge in [0.15, 0.2) is 0 Å². The minimum absolute atomic E-state index is 0.242. The van der Waals surface area contributed by atoms with Gasteiger partial charge in [0.1, 0.15) is 0 Å². The van der Waals surface area contributed by atoms with Gasteiger partial charge in [0.05, 0.1) is 33.5 Å². The van der Waals surface area contributed by atoms with Crippen molar-refractivity contribution in [2.75, 3.05) is 0 Å². The Balaban J connectivity index is 1.54. The summed E-state index contributed by atoms with van der Waals surface area (Å²) in [5, 5.41) is 14.7. The third-order valence-electron chi connectivity index (χ3n) is 9.37. The molecule has 0 radical (unpaired) electrons. The van der Waals surface area contributed by atoms with Crippen LogP contribution in [0.1, 0.15) is 32.4 Å². The van der Waals surface area contributed by atoms with E-state index in [1.165, 1.54) is 0 Å². The lowest BCUT2D eigenvalue weighted by Crippen LogP contribution is -2.32. The van der Waals surface area contributed by atoms with Crippen LogP contribution in [0.4, 0.5) is 0 Å². The Hall–Kier alpha value is -7.12. The van der Waals surface area contributed by atoms with Crippen LogP contribution in [0, 0.1) is 5.21 Å². The van der Waals surface area contributed by atoms with Crippen molar-refractivity contribution in [1.82, 2.24) is 15.0 Å². The highest BCUT2D eigenvalue weighted by Gasteiger charge is 2.43. The number of Topliss-reactive ketones (excluding diaryl/α,β-unsaturated/α-hetero) is 2. The molecule has 8 bridgehead atoms. The molecule has 0 saturated carbocycles. The summed E-state index contributed by atoms with van der Waals surface area (Å²) in [5.41, 5.74) is 8.97. The molecule has 0 fully saturated rings. The number of hydrogen-bond acceptors (Lipinski definition) is 4. The zero-order chi connectivity index (χ0) is 34.5. The fourth-order valence-corrected chi connectivity index (χ4v) is 7.10. The lowest BCUT2D eigenvalue weighted by molar-refractivity contribution is -0.604. The molecule has 5 heterocycles. The number of nitrogens with zero attached hydrogens (tertiary/aromatic N) is 2. The second-order valence-electron chi connectivity index (χ2n) is 12.4. The van der Waals surface area contributed by atoms with E-state index in [0.29, 0.717) is 38.0 Å². The second-order valence-corrected chi connectivity index (χ2v) is 12.4. The van der Waals surface area contributed by atoms with E-state index in [1.807, 2.05) is 158 Å². The molecule has 51 heavy (non-hydrogen) atoms. The third kappa shape index (κ3) is 4.99. The van der Waals surface area contributed by atoms with Gasteiger partial charge in [0, 0.05) is 22.2 Å². The van der Waals surface area contributed by atoms with Crippen molar-refractivity contribution in [3.8, 4) is 44.5 Å². The van der Waals surface area contributed by atoms with Crippen LogP contribution >= 0.6 is 0 Å². The van der Waals surface area contributed by atoms with Crippen molar-refractivity contribution in [2.24, 2.45) is 0 Å². The summed E-state index contributed by atoms with van der Waals surface area (Å²) in [5.74, 6) is -1.74. The van der Waals surface area contributed by atoms with Gasteiger partial charge in [-0.2, -0.15) is 4.73 Å². The van der Waals surface area contributed by atoms with Gasteiger partial charge < -0.3 is 15.2 Å². The van der Waals surface area contributed by atoms with Gasteiger partial charge in [-0.1, -0.05) is 121 Å². The quantitative estimate of drug-likeness (QED) is 0.111. The largest absolute Gasteiger partial charge is 0.618 e. The molecule has 0 unspecified atom stereocenters. The summed E-state index contributed by atoms with van der Waals surface area (Å²) in [7, 11) is 0. The van der Waals surface area contributed by atoms with E-state index < -0.39 is 11.6 Å². The van der Waals surface area contributed by atoms with E-state index in [9.17, 15) is 14.8 Å². The maximum absolute atomic E-state index is 14.7. The number of carbonyl (C=O) groups excluding carboxylic acids is 2. The fourth-order valence-electron chi connectivity index (χ4n) is 7.10. The molecule has 4 aromatic carbocycles. The summed E-state index contributed by atoms with van der Waals surface area (Å²) >= 11 is 0. The lowest BCUT2D eigenvalue weighted by Gasteiger charge is -2.07. The van der Waals surface area contributed by atoms with Crippen LogP contribution in [0.2, 0.25) is 0 Å². The predicted octanol–water partition coefficient (Wildman–Crippen LogP) is 9.46. The molecular formula is C44H28N4O3. The Morgan fingerprint density at radius 2 is 0.706 bits per heavy atom. The van der Waals surface area contributed by atoms with Crippen LogP contribution in [-0.4, -0.2) is 26.5 Å². The molecule has 2 aliphatic heterocycles. The standard InChI is InChI=1S/C44H28N4O3/c49-43-41-39(29-17-9-3-10-18-29)35-25-23-33(46-35)37(27-13-5-1-6-14-27)31-21-22-32(45-31)38(28-15-7-2-8-16-28)34-24-26-36(47-34)40(30-19-11-4-12-20-30)42(44(43)50)48(41)51/h1-26,46-47H. The van der Waals surface area contributed by atoms with E-state index in [0.717, 1.165) is 44.7 Å². The minimum atomic E-state index is -0.870. The highest BCUT2D eigenvalue weighted by atomic mass is 16.5. The van der Waals surface area contributed by atoms with Crippen LogP contribution in [0.5, 0.6) is 0 Å². The third-order valence-corrected chi connectivity index (χ3v) is 9.37. The van der Waals surface area contributed by atoms with Crippen molar-refractivity contribution in [3.63, 3.8) is 0 Å².